The summed E-state index contributed by atoms with van der Waals surface area (Å²) >= 11 is 0. The number of ether oxygens (including phenoxy) is 2. The highest BCUT2D eigenvalue weighted by molar-refractivity contribution is 6.00. The zero-order chi connectivity index (χ0) is 28.4. The van der Waals surface area contributed by atoms with Crippen LogP contribution in [0.15, 0.2) is 0 Å². The fraction of sp³-hybridized carbons (Fsp3) is 0.929. The van der Waals surface area contributed by atoms with Crippen molar-refractivity contribution in [1.29, 1.82) is 0 Å². The van der Waals surface area contributed by atoms with E-state index in [4.69, 9.17) is 9.47 Å². The van der Waals surface area contributed by atoms with Crippen LogP contribution < -0.4 is 0 Å². The third kappa shape index (κ3) is 7.04. The molecule has 0 radical (unpaired) electrons. The average molecular weight is 529 g/mol. The number of nitrogens with zero attached hydrogens (tertiary/aromatic N) is 2. The predicted molar refractivity (Wildman–Crippen MR) is 140 cm³/mol. The van der Waals surface area contributed by atoms with Gasteiger partial charge in [-0.15, -0.1) is 0 Å². The second-order valence-corrected chi connectivity index (χ2v) is 13.8. The summed E-state index contributed by atoms with van der Waals surface area (Å²) in [5.74, 6) is -1.22. The van der Waals surface area contributed by atoms with Gasteiger partial charge in [-0.2, -0.15) is 10.1 Å². The van der Waals surface area contributed by atoms with Crippen LogP contribution in [0, 0.1) is 5.41 Å². The molecule has 0 spiro atoms. The largest absolute Gasteiger partial charge is 0.461 e. The van der Waals surface area contributed by atoms with Crippen molar-refractivity contribution in [3.63, 3.8) is 0 Å². The van der Waals surface area contributed by atoms with Gasteiger partial charge in [0.15, 0.2) is 5.41 Å². The smallest absolute Gasteiger partial charge is 0.323 e. The summed E-state index contributed by atoms with van der Waals surface area (Å²) in [4.78, 5) is 27.8. The standard InChI is InChI=1S/C28H52N2O7/c1-10-11-13-28(14-12-15-31,22(32)36-20-16-24(2,3)29(34)25(4,5)17-20)23(33)37-21-18-26(6,7)30(35)27(8,9)19-21/h20-21,31,34-35H,10-19H2,1-9H3. The van der Waals surface area contributed by atoms with Crippen LogP contribution in [0.3, 0.4) is 0 Å². The van der Waals surface area contributed by atoms with Gasteiger partial charge in [0.2, 0.25) is 0 Å². The minimum Gasteiger partial charge on any atom is -0.461 e. The summed E-state index contributed by atoms with van der Waals surface area (Å²) in [7, 11) is 0. The number of hydroxylamine groups is 4. The first kappa shape index (κ1) is 32.0. The van der Waals surface area contributed by atoms with E-state index in [1.807, 2.05) is 62.3 Å². The minimum atomic E-state index is -1.52. The Morgan fingerprint density at radius 3 is 1.35 bits per heavy atom. The number of carbonyl (C=O) groups is 2. The van der Waals surface area contributed by atoms with Gasteiger partial charge in [0, 0.05) is 54.4 Å². The van der Waals surface area contributed by atoms with Crippen LogP contribution >= 0.6 is 0 Å². The van der Waals surface area contributed by atoms with Crippen molar-refractivity contribution in [3.05, 3.63) is 0 Å². The van der Waals surface area contributed by atoms with Crippen molar-refractivity contribution in [2.45, 2.75) is 154 Å². The van der Waals surface area contributed by atoms with E-state index < -0.39 is 51.7 Å². The molecule has 0 amide bonds. The van der Waals surface area contributed by atoms with Gasteiger partial charge in [0.25, 0.3) is 0 Å². The third-order valence-electron chi connectivity index (χ3n) is 8.25. The van der Waals surface area contributed by atoms with E-state index in [-0.39, 0.29) is 25.9 Å². The lowest BCUT2D eigenvalue weighted by molar-refractivity contribution is -0.263. The Labute approximate surface area is 223 Å². The maximum absolute atomic E-state index is 13.9. The molecule has 2 saturated heterocycles. The SMILES string of the molecule is CCCCC(CCCO)(C(=O)OC1CC(C)(C)N(O)C(C)(C)C1)C(=O)OC1CC(C)(C)N(O)C(C)(C)C1. The Morgan fingerprint density at radius 1 is 0.730 bits per heavy atom. The second-order valence-electron chi connectivity index (χ2n) is 13.8. The van der Waals surface area contributed by atoms with Crippen LogP contribution in [-0.2, 0) is 19.1 Å². The number of esters is 2. The molecule has 37 heavy (non-hydrogen) atoms. The van der Waals surface area contributed by atoms with Crippen LogP contribution in [0.1, 0.15) is 120 Å². The van der Waals surface area contributed by atoms with Crippen LogP contribution in [0.4, 0.5) is 0 Å². The maximum Gasteiger partial charge on any atom is 0.323 e. The molecule has 9 heteroatoms. The molecule has 3 N–H and O–H groups in total. The number of aliphatic hydroxyl groups is 1. The summed E-state index contributed by atoms with van der Waals surface area (Å²) in [6.07, 6.45) is 2.86. The van der Waals surface area contributed by atoms with Crippen LogP contribution in [0.25, 0.3) is 0 Å². The second kappa shape index (κ2) is 11.5. The summed E-state index contributed by atoms with van der Waals surface area (Å²) < 4.78 is 12.1. The van der Waals surface area contributed by atoms with E-state index in [2.05, 4.69) is 0 Å². The lowest BCUT2D eigenvalue weighted by Crippen LogP contribution is -2.61. The van der Waals surface area contributed by atoms with Gasteiger partial charge in [-0.3, -0.25) is 9.59 Å². The molecular formula is C28H52N2O7. The molecule has 0 aromatic rings. The van der Waals surface area contributed by atoms with Gasteiger partial charge in [-0.1, -0.05) is 19.8 Å². The van der Waals surface area contributed by atoms with Crippen LogP contribution in [0.2, 0.25) is 0 Å². The summed E-state index contributed by atoms with van der Waals surface area (Å²) in [5, 5.41) is 33.6. The molecule has 2 rings (SSSR count). The molecule has 0 aromatic carbocycles. The van der Waals surface area contributed by atoms with Crippen molar-refractivity contribution in [2.75, 3.05) is 6.61 Å². The lowest BCUT2D eigenvalue weighted by Gasteiger charge is -2.51. The predicted octanol–water partition coefficient (Wildman–Crippen LogP) is 4.84. The molecule has 2 aliphatic heterocycles. The minimum absolute atomic E-state index is 0.137. The van der Waals surface area contributed by atoms with Crippen molar-refractivity contribution in [1.82, 2.24) is 10.1 Å². The summed E-state index contributed by atoms with van der Waals surface area (Å²) in [6.45, 7) is 17.0. The van der Waals surface area contributed by atoms with Gasteiger partial charge in [0.1, 0.15) is 12.2 Å². The highest BCUT2D eigenvalue weighted by atomic mass is 16.6. The normalized spacial score (nSPS) is 24.5. The number of aliphatic hydroxyl groups excluding tert-OH is 1. The number of hydrogen-bond donors (Lipinski definition) is 3. The lowest BCUT2D eigenvalue weighted by atomic mass is 9.77. The molecule has 0 bridgehead atoms. The molecular weight excluding hydrogens is 476 g/mol. The monoisotopic (exact) mass is 528 g/mol. The Hall–Kier alpha value is -1.26. The topological polar surface area (TPSA) is 120 Å². The van der Waals surface area contributed by atoms with Crippen molar-refractivity contribution in [2.24, 2.45) is 5.41 Å². The maximum atomic E-state index is 13.9. The van der Waals surface area contributed by atoms with E-state index in [1.165, 1.54) is 10.1 Å². The Kier molecular flexibility index (Phi) is 9.90. The first-order valence-corrected chi connectivity index (χ1v) is 13.9. The van der Waals surface area contributed by atoms with Gasteiger partial charge in [-0.25, -0.2) is 0 Å². The third-order valence-corrected chi connectivity index (χ3v) is 8.25. The molecule has 9 nitrogen and oxygen atoms in total. The molecule has 0 saturated carbocycles. The van der Waals surface area contributed by atoms with Gasteiger partial charge >= 0.3 is 11.9 Å². The molecule has 0 unspecified atom stereocenters. The Balaban J connectivity index is 2.35. The van der Waals surface area contributed by atoms with Gasteiger partial charge < -0.3 is 25.0 Å². The summed E-state index contributed by atoms with van der Waals surface area (Å²) in [6, 6.07) is 0. The van der Waals surface area contributed by atoms with E-state index in [9.17, 15) is 25.1 Å². The zero-order valence-electron chi connectivity index (χ0n) is 24.6. The van der Waals surface area contributed by atoms with Crippen LogP contribution in [0.5, 0.6) is 0 Å². The number of rotatable bonds is 10. The Bertz CT molecular complexity index is 706. The van der Waals surface area contributed by atoms with Gasteiger partial charge in [-0.05, 0) is 74.7 Å². The van der Waals surface area contributed by atoms with Gasteiger partial charge in [0.05, 0.1) is 0 Å². The highest BCUT2D eigenvalue weighted by Crippen LogP contribution is 2.43. The average Bonchev–Trinajstić information content (AvgIpc) is 2.75. The molecule has 0 aliphatic carbocycles. The van der Waals surface area contributed by atoms with E-state index in [0.29, 0.717) is 32.1 Å². The number of hydrogen-bond acceptors (Lipinski definition) is 9. The van der Waals surface area contributed by atoms with Crippen molar-refractivity contribution < 1.29 is 34.6 Å². The van der Waals surface area contributed by atoms with E-state index >= 15 is 0 Å². The number of piperidine rings is 2. The van der Waals surface area contributed by atoms with Crippen molar-refractivity contribution >= 4 is 11.9 Å². The summed E-state index contributed by atoms with van der Waals surface area (Å²) in [5.41, 5.74) is -3.97. The molecule has 2 aliphatic rings. The van der Waals surface area contributed by atoms with E-state index in [0.717, 1.165) is 6.42 Å². The highest BCUT2D eigenvalue weighted by Gasteiger charge is 2.53. The number of unbranched alkanes of at least 4 members (excludes halogenated alkanes) is 1. The zero-order valence-corrected chi connectivity index (χ0v) is 24.6. The number of carbonyl (C=O) groups excluding carboxylic acids is 2. The first-order chi connectivity index (χ1) is 16.8. The fourth-order valence-corrected chi connectivity index (χ4v) is 6.53. The molecule has 2 heterocycles. The molecule has 0 atom stereocenters. The first-order valence-electron chi connectivity index (χ1n) is 13.9. The molecule has 0 aromatic heterocycles. The van der Waals surface area contributed by atoms with E-state index in [1.54, 1.807) is 0 Å². The Morgan fingerprint density at radius 2 is 1.05 bits per heavy atom. The van der Waals surface area contributed by atoms with Crippen LogP contribution in [-0.4, -0.2) is 78.6 Å². The van der Waals surface area contributed by atoms with Crippen molar-refractivity contribution in [3.8, 4) is 0 Å². The quantitative estimate of drug-likeness (QED) is 0.270. The fourth-order valence-electron chi connectivity index (χ4n) is 6.53. The molecule has 2 fully saturated rings. The molecule has 216 valence electrons.